The van der Waals surface area contributed by atoms with Crippen molar-refractivity contribution >= 4 is 0 Å². The molecule has 1 saturated heterocycles. The summed E-state index contributed by atoms with van der Waals surface area (Å²) >= 11 is 0. The van der Waals surface area contributed by atoms with Crippen molar-refractivity contribution in [2.45, 2.75) is 32.7 Å². The molecule has 3 heteroatoms. The van der Waals surface area contributed by atoms with Gasteiger partial charge < -0.3 is 5.11 Å². The van der Waals surface area contributed by atoms with E-state index in [2.05, 4.69) is 23.6 Å². The highest BCUT2D eigenvalue weighted by Crippen LogP contribution is 2.11. The van der Waals surface area contributed by atoms with Gasteiger partial charge in [0.05, 0.1) is 6.61 Å². The number of aliphatic hydroxyl groups excluding tert-OH is 1. The molecule has 14 heavy (non-hydrogen) atoms. The Morgan fingerprint density at radius 1 is 1.07 bits per heavy atom. The van der Waals surface area contributed by atoms with Crippen LogP contribution in [-0.2, 0) is 0 Å². The third kappa shape index (κ3) is 3.23. The van der Waals surface area contributed by atoms with Gasteiger partial charge in [0.1, 0.15) is 0 Å². The summed E-state index contributed by atoms with van der Waals surface area (Å²) in [5.74, 6) is 0. The molecular formula is C11H24N2O. The fourth-order valence-corrected chi connectivity index (χ4v) is 2.30. The van der Waals surface area contributed by atoms with Crippen LogP contribution in [0.2, 0.25) is 0 Å². The van der Waals surface area contributed by atoms with Crippen LogP contribution < -0.4 is 0 Å². The number of hydrogen-bond acceptors (Lipinski definition) is 3. The summed E-state index contributed by atoms with van der Waals surface area (Å²) in [5, 5.41) is 8.83. The highest BCUT2D eigenvalue weighted by molar-refractivity contribution is 4.76. The monoisotopic (exact) mass is 200 g/mol. The Hall–Kier alpha value is -0.120. The highest BCUT2D eigenvalue weighted by Gasteiger charge is 2.20. The van der Waals surface area contributed by atoms with Crippen LogP contribution in [0.4, 0.5) is 0 Å². The molecule has 0 aromatic heterocycles. The molecule has 1 aliphatic heterocycles. The van der Waals surface area contributed by atoms with Gasteiger partial charge in [-0.15, -0.1) is 0 Å². The molecule has 0 aromatic carbocycles. The third-order valence-electron chi connectivity index (χ3n) is 3.28. The number of rotatable bonds is 5. The summed E-state index contributed by atoms with van der Waals surface area (Å²) in [6.45, 7) is 10.3. The van der Waals surface area contributed by atoms with Crippen molar-refractivity contribution in [1.29, 1.82) is 0 Å². The molecule has 0 radical (unpaired) electrons. The smallest absolute Gasteiger partial charge is 0.0558 e. The van der Waals surface area contributed by atoms with Crippen molar-refractivity contribution in [2.75, 3.05) is 39.3 Å². The average Bonchev–Trinajstić information content (AvgIpc) is 2.23. The van der Waals surface area contributed by atoms with Crippen LogP contribution in [0, 0.1) is 0 Å². The first-order valence-electron chi connectivity index (χ1n) is 5.89. The van der Waals surface area contributed by atoms with Gasteiger partial charge in [0.15, 0.2) is 0 Å². The summed E-state index contributed by atoms with van der Waals surface area (Å²) in [7, 11) is 0. The summed E-state index contributed by atoms with van der Waals surface area (Å²) in [6, 6.07) is 0.770. The lowest BCUT2D eigenvalue weighted by atomic mass is 10.1. The topological polar surface area (TPSA) is 26.7 Å². The lowest BCUT2D eigenvalue weighted by Gasteiger charge is -2.38. The maximum Gasteiger partial charge on any atom is 0.0558 e. The minimum atomic E-state index is 0.297. The van der Waals surface area contributed by atoms with E-state index in [4.69, 9.17) is 5.11 Å². The molecule has 0 bridgehead atoms. The van der Waals surface area contributed by atoms with E-state index in [1.54, 1.807) is 0 Å². The zero-order chi connectivity index (χ0) is 10.4. The van der Waals surface area contributed by atoms with E-state index in [-0.39, 0.29) is 0 Å². The molecule has 0 aliphatic carbocycles. The van der Waals surface area contributed by atoms with E-state index in [1.165, 1.54) is 25.9 Å². The zero-order valence-corrected chi connectivity index (χ0v) is 9.58. The zero-order valence-electron chi connectivity index (χ0n) is 9.58. The number of aliphatic hydroxyl groups is 1. The minimum Gasteiger partial charge on any atom is -0.395 e. The second-order valence-corrected chi connectivity index (χ2v) is 4.07. The predicted octanol–water partition coefficient (Wildman–Crippen LogP) is 0.785. The molecule has 1 rings (SSSR count). The van der Waals surface area contributed by atoms with Gasteiger partial charge in [0.25, 0.3) is 0 Å². The Morgan fingerprint density at radius 2 is 1.64 bits per heavy atom. The second kappa shape index (κ2) is 6.38. The molecule has 1 heterocycles. The lowest BCUT2D eigenvalue weighted by molar-refractivity contribution is 0.0806. The van der Waals surface area contributed by atoms with Gasteiger partial charge in [0.2, 0.25) is 0 Å². The van der Waals surface area contributed by atoms with E-state index in [0.717, 1.165) is 25.7 Å². The number of β-amino-alcohol motifs (C(OH)–C–C–N with tert-alkyl or cyclic N) is 1. The van der Waals surface area contributed by atoms with Crippen molar-refractivity contribution in [3.8, 4) is 0 Å². The Morgan fingerprint density at radius 3 is 2.07 bits per heavy atom. The van der Waals surface area contributed by atoms with Crippen LogP contribution in [0.5, 0.6) is 0 Å². The molecular weight excluding hydrogens is 176 g/mol. The number of nitrogens with zero attached hydrogens (tertiary/aromatic N) is 2. The van der Waals surface area contributed by atoms with E-state index < -0.39 is 0 Å². The van der Waals surface area contributed by atoms with Crippen LogP contribution >= 0.6 is 0 Å². The number of hydrogen-bond donors (Lipinski definition) is 1. The molecule has 1 fully saturated rings. The Labute approximate surface area is 87.7 Å². The van der Waals surface area contributed by atoms with Gasteiger partial charge in [-0.25, -0.2) is 0 Å². The van der Waals surface area contributed by atoms with Crippen LogP contribution in [-0.4, -0.2) is 60.3 Å². The minimum absolute atomic E-state index is 0.297. The maximum atomic E-state index is 8.83. The first-order valence-corrected chi connectivity index (χ1v) is 5.89. The first kappa shape index (κ1) is 12.0. The van der Waals surface area contributed by atoms with Crippen LogP contribution in [0.15, 0.2) is 0 Å². The maximum absolute atomic E-state index is 8.83. The van der Waals surface area contributed by atoms with Gasteiger partial charge >= 0.3 is 0 Å². The Bertz CT molecular complexity index is 140. The third-order valence-corrected chi connectivity index (χ3v) is 3.28. The molecule has 0 unspecified atom stereocenters. The summed E-state index contributed by atoms with van der Waals surface area (Å²) < 4.78 is 0. The van der Waals surface area contributed by atoms with E-state index >= 15 is 0 Å². The van der Waals surface area contributed by atoms with Gasteiger partial charge in [-0.05, 0) is 12.8 Å². The Kier molecular flexibility index (Phi) is 5.45. The standard InChI is InChI=1S/C11H24N2O/c1-3-11(4-2)13-7-5-12(6-8-13)9-10-14/h11,14H,3-10H2,1-2H3. The average molecular weight is 200 g/mol. The van der Waals surface area contributed by atoms with Crippen molar-refractivity contribution in [3.05, 3.63) is 0 Å². The quantitative estimate of drug-likeness (QED) is 0.710. The molecule has 0 amide bonds. The molecule has 3 nitrogen and oxygen atoms in total. The second-order valence-electron chi connectivity index (χ2n) is 4.07. The molecule has 1 N–H and O–H groups in total. The largest absolute Gasteiger partial charge is 0.395 e. The van der Waals surface area contributed by atoms with Crippen molar-refractivity contribution < 1.29 is 5.11 Å². The molecule has 1 aliphatic rings. The predicted molar refractivity (Wildman–Crippen MR) is 59.5 cm³/mol. The SMILES string of the molecule is CCC(CC)N1CCN(CCO)CC1. The molecule has 84 valence electrons. The van der Waals surface area contributed by atoms with Crippen molar-refractivity contribution in [1.82, 2.24) is 9.80 Å². The van der Waals surface area contributed by atoms with Crippen LogP contribution in [0.25, 0.3) is 0 Å². The van der Waals surface area contributed by atoms with Crippen molar-refractivity contribution in [3.63, 3.8) is 0 Å². The van der Waals surface area contributed by atoms with E-state index in [9.17, 15) is 0 Å². The lowest BCUT2D eigenvalue weighted by Crippen LogP contribution is -2.50. The number of piperazine rings is 1. The van der Waals surface area contributed by atoms with Crippen LogP contribution in [0.3, 0.4) is 0 Å². The summed E-state index contributed by atoms with van der Waals surface area (Å²) in [5.41, 5.74) is 0. The normalized spacial score (nSPS) is 20.6. The van der Waals surface area contributed by atoms with E-state index in [0.29, 0.717) is 6.61 Å². The van der Waals surface area contributed by atoms with E-state index in [1.807, 2.05) is 0 Å². The molecule has 0 aromatic rings. The van der Waals surface area contributed by atoms with Gasteiger partial charge in [0, 0.05) is 38.8 Å². The fraction of sp³-hybridized carbons (Fsp3) is 1.00. The summed E-state index contributed by atoms with van der Waals surface area (Å²) in [4.78, 5) is 4.94. The van der Waals surface area contributed by atoms with Gasteiger partial charge in [-0.1, -0.05) is 13.8 Å². The van der Waals surface area contributed by atoms with Crippen LogP contribution in [0.1, 0.15) is 26.7 Å². The molecule has 0 saturated carbocycles. The van der Waals surface area contributed by atoms with Gasteiger partial charge in [-0.3, -0.25) is 9.80 Å². The summed E-state index contributed by atoms with van der Waals surface area (Å²) in [6.07, 6.45) is 2.52. The Balaban J connectivity index is 2.27. The fourth-order valence-electron chi connectivity index (χ4n) is 2.30. The first-order chi connectivity index (χ1) is 6.81. The molecule has 0 spiro atoms. The molecule has 0 atom stereocenters. The highest BCUT2D eigenvalue weighted by atomic mass is 16.3. The van der Waals surface area contributed by atoms with Crippen molar-refractivity contribution in [2.24, 2.45) is 0 Å². The van der Waals surface area contributed by atoms with Gasteiger partial charge in [-0.2, -0.15) is 0 Å².